The molecule has 0 bridgehead atoms. The number of anilines is 1. The smallest absolute Gasteiger partial charge is 0.240 e. The summed E-state index contributed by atoms with van der Waals surface area (Å²) in [4.78, 5) is 24.2. The number of carbonyl (C=O) groups is 2. The third kappa shape index (κ3) is 5.72. The molecule has 0 radical (unpaired) electrons. The van der Waals surface area contributed by atoms with Gasteiger partial charge in [-0.15, -0.1) is 5.10 Å². The van der Waals surface area contributed by atoms with Crippen LogP contribution in [-0.4, -0.2) is 40.7 Å². The van der Waals surface area contributed by atoms with E-state index < -0.39 is 5.25 Å². The summed E-state index contributed by atoms with van der Waals surface area (Å²) in [6.45, 7) is 0. The first kappa shape index (κ1) is 20.7. The zero-order valence-corrected chi connectivity index (χ0v) is 16.8. The predicted octanol–water partition coefficient (Wildman–Crippen LogP) is 3.00. The lowest BCUT2D eigenvalue weighted by molar-refractivity contribution is -0.122. The standard InChI is InChI=1S/C19H17ClN4O4S/c1-28-15-8-11(2-7-14(15)25)10-21-24-19-23-18(27)16(29-19)9-17(26)22-13-5-3-12(20)4-6-13/h2-8,10,16,25H,9H2,1H3,(H,22,26)(H,23,24,27)/b21-10+/t16-/m1/s1. The predicted molar refractivity (Wildman–Crippen MR) is 114 cm³/mol. The molecule has 8 nitrogen and oxygen atoms in total. The number of thioether (sulfide) groups is 1. The van der Waals surface area contributed by atoms with E-state index in [4.69, 9.17) is 16.3 Å². The van der Waals surface area contributed by atoms with Crippen molar-refractivity contribution in [1.82, 2.24) is 5.32 Å². The Balaban J connectivity index is 1.56. The van der Waals surface area contributed by atoms with Gasteiger partial charge in [0.25, 0.3) is 0 Å². The van der Waals surface area contributed by atoms with Crippen LogP contribution in [0.15, 0.2) is 52.7 Å². The first-order valence-electron chi connectivity index (χ1n) is 8.45. The van der Waals surface area contributed by atoms with Crippen LogP contribution in [0, 0.1) is 0 Å². The number of nitrogens with zero attached hydrogens (tertiary/aromatic N) is 2. The van der Waals surface area contributed by atoms with Gasteiger partial charge in [0.15, 0.2) is 16.7 Å². The minimum Gasteiger partial charge on any atom is -0.504 e. The zero-order chi connectivity index (χ0) is 20.8. The maximum atomic E-state index is 12.2. The summed E-state index contributed by atoms with van der Waals surface area (Å²) in [6.07, 6.45) is 1.46. The monoisotopic (exact) mass is 432 g/mol. The number of amides is 2. The van der Waals surface area contributed by atoms with Crippen molar-refractivity contribution in [2.24, 2.45) is 10.2 Å². The summed E-state index contributed by atoms with van der Waals surface area (Å²) in [5.74, 6) is -0.256. The second-order valence-electron chi connectivity index (χ2n) is 5.94. The molecule has 1 aliphatic heterocycles. The van der Waals surface area contributed by atoms with Crippen LogP contribution in [0.1, 0.15) is 12.0 Å². The number of methoxy groups -OCH3 is 1. The maximum Gasteiger partial charge on any atom is 0.240 e. The second kappa shape index (κ2) is 9.44. The number of hydrogen-bond donors (Lipinski definition) is 3. The van der Waals surface area contributed by atoms with Gasteiger partial charge in [-0.2, -0.15) is 5.10 Å². The molecule has 2 aromatic rings. The van der Waals surface area contributed by atoms with Crippen LogP contribution in [-0.2, 0) is 9.59 Å². The van der Waals surface area contributed by atoms with Gasteiger partial charge >= 0.3 is 0 Å². The highest BCUT2D eigenvalue weighted by Gasteiger charge is 2.32. The third-order valence-electron chi connectivity index (χ3n) is 3.83. The summed E-state index contributed by atoms with van der Waals surface area (Å²) in [7, 11) is 1.45. The minimum absolute atomic E-state index is 0.00295. The minimum atomic E-state index is -0.593. The van der Waals surface area contributed by atoms with E-state index in [2.05, 4.69) is 20.8 Å². The molecular formula is C19H17ClN4O4S. The lowest BCUT2D eigenvalue weighted by Crippen LogP contribution is -2.28. The fraction of sp³-hybridized carbons (Fsp3) is 0.158. The molecule has 1 aliphatic rings. The summed E-state index contributed by atoms with van der Waals surface area (Å²) in [6, 6.07) is 11.4. The van der Waals surface area contributed by atoms with Crippen LogP contribution in [0.25, 0.3) is 0 Å². The number of carbonyl (C=O) groups excluding carboxylic acids is 2. The van der Waals surface area contributed by atoms with Gasteiger partial charge in [0.05, 0.1) is 13.3 Å². The van der Waals surface area contributed by atoms with E-state index in [1.807, 2.05) is 0 Å². The maximum absolute atomic E-state index is 12.2. The number of rotatable bonds is 6. The molecule has 0 aliphatic carbocycles. The Morgan fingerprint density at radius 3 is 2.83 bits per heavy atom. The lowest BCUT2D eigenvalue weighted by atomic mass is 10.2. The molecule has 3 rings (SSSR count). The lowest BCUT2D eigenvalue weighted by Gasteiger charge is -2.07. The van der Waals surface area contributed by atoms with E-state index >= 15 is 0 Å². The fourth-order valence-corrected chi connectivity index (χ4v) is 3.47. The number of phenols is 1. The molecular weight excluding hydrogens is 416 g/mol. The number of ether oxygens (including phenoxy) is 1. The molecule has 0 spiro atoms. The molecule has 0 aromatic heterocycles. The van der Waals surface area contributed by atoms with Gasteiger partial charge < -0.3 is 20.5 Å². The topological polar surface area (TPSA) is 112 Å². The molecule has 2 aromatic carbocycles. The highest BCUT2D eigenvalue weighted by atomic mass is 35.5. The third-order valence-corrected chi connectivity index (χ3v) is 5.16. The second-order valence-corrected chi connectivity index (χ2v) is 7.56. The van der Waals surface area contributed by atoms with E-state index in [9.17, 15) is 14.7 Å². The van der Waals surface area contributed by atoms with Crippen LogP contribution in [0.3, 0.4) is 0 Å². The summed E-state index contributed by atoms with van der Waals surface area (Å²) < 4.78 is 5.03. The summed E-state index contributed by atoms with van der Waals surface area (Å²) >= 11 is 6.95. The average molecular weight is 433 g/mol. The Kier molecular flexibility index (Phi) is 6.73. The first-order valence-corrected chi connectivity index (χ1v) is 9.71. The zero-order valence-electron chi connectivity index (χ0n) is 15.3. The Hall–Kier alpha value is -3.04. The first-order chi connectivity index (χ1) is 13.9. The highest BCUT2D eigenvalue weighted by Crippen LogP contribution is 2.26. The van der Waals surface area contributed by atoms with Gasteiger partial charge in [-0.1, -0.05) is 23.4 Å². The van der Waals surface area contributed by atoms with Crippen molar-refractivity contribution in [3.63, 3.8) is 0 Å². The van der Waals surface area contributed by atoms with E-state index in [0.29, 0.717) is 27.2 Å². The van der Waals surface area contributed by atoms with Gasteiger partial charge in [0, 0.05) is 17.1 Å². The molecule has 3 N–H and O–H groups in total. The van der Waals surface area contributed by atoms with Gasteiger partial charge in [-0.25, -0.2) is 0 Å². The van der Waals surface area contributed by atoms with Crippen molar-refractivity contribution in [2.45, 2.75) is 11.7 Å². The molecule has 29 heavy (non-hydrogen) atoms. The number of nitrogens with one attached hydrogen (secondary N) is 2. The van der Waals surface area contributed by atoms with E-state index in [1.165, 1.54) is 19.4 Å². The number of hydrogen-bond acceptors (Lipinski definition) is 7. The average Bonchev–Trinajstić information content (AvgIpc) is 3.04. The van der Waals surface area contributed by atoms with Crippen molar-refractivity contribution >= 4 is 52.2 Å². The number of benzene rings is 2. The Bertz CT molecular complexity index is 979. The Morgan fingerprint density at radius 1 is 1.34 bits per heavy atom. The van der Waals surface area contributed by atoms with Gasteiger partial charge in [0.2, 0.25) is 11.8 Å². The fourth-order valence-electron chi connectivity index (χ4n) is 2.42. The molecule has 1 saturated heterocycles. The number of phenolic OH excluding ortho intramolecular Hbond substituents is 1. The van der Waals surface area contributed by atoms with Crippen LogP contribution < -0.4 is 15.4 Å². The molecule has 0 saturated carbocycles. The van der Waals surface area contributed by atoms with Gasteiger partial charge in [-0.3, -0.25) is 9.59 Å². The highest BCUT2D eigenvalue weighted by molar-refractivity contribution is 8.15. The van der Waals surface area contributed by atoms with Gasteiger partial charge in [0.1, 0.15) is 5.25 Å². The molecule has 10 heteroatoms. The van der Waals surface area contributed by atoms with Crippen LogP contribution in [0.5, 0.6) is 11.5 Å². The SMILES string of the molecule is COc1cc(/C=N/N=C2/NC(=O)[C@@H](CC(=O)Nc3ccc(Cl)cc3)S2)ccc1O. The van der Waals surface area contributed by atoms with E-state index in [-0.39, 0.29) is 24.0 Å². The van der Waals surface area contributed by atoms with Crippen LogP contribution >= 0.6 is 23.4 Å². The molecule has 0 unspecified atom stereocenters. The Morgan fingerprint density at radius 2 is 2.10 bits per heavy atom. The molecule has 1 heterocycles. The largest absolute Gasteiger partial charge is 0.504 e. The number of aromatic hydroxyl groups is 1. The van der Waals surface area contributed by atoms with Crippen molar-refractivity contribution in [3.05, 3.63) is 53.1 Å². The molecule has 2 amide bonds. The van der Waals surface area contributed by atoms with Crippen molar-refractivity contribution in [2.75, 3.05) is 12.4 Å². The number of amidine groups is 1. The molecule has 1 fully saturated rings. The van der Waals surface area contributed by atoms with Crippen molar-refractivity contribution < 1.29 is 19.4 Å². The van der Waals surface area contributed by atoms with Crippen LogP contribution in [0.2, 0.25) is 5.02 Å². The van der Waals surface area contributed by atoms with E-state index in [1.54, 1.807) is 36.4 Å². The van der Waals surface area contributed by atoms with Crippen LogP contribution in [0.4, 0.5) is 5.69 Å². The van der Waals surface area contributed by atoms with Crippen molar-refractivity contribution in [3.8, 4) is 11.5 Å². The summed E-state index contributed by atoms with van der Waals surface area (Å²) in [5.41, 5.74) is 1.27. The Labute approximate surface area is 176 Å². The molecule has 150 valence electrons. The van der Waals surface area contributed by atoms with Gasteiger partial charge in [-0.05, 0) is 48.0 Å². The normalized spacial score (nSPS) is 17.5. The number of halogens is 1. The quantitative estimate of drug-likeness (QED) is 0.479. The summed E-state index contributed by atoms with van der Waals surface area (Å²) in [5, 5.41) is 23.1. The van der Waals surface area contributed by atoms with E-state index in [0.717, 1.165) is 11.8 Å². The van der Waals surface area contributed by atoms with Crippen molar-refractivity contribution in [1.29, 1.82) is 0 Å². The molecule has 1 atom stereocenters.